The Hall–Kier alpha value is -1.81. The summed E-state index contributed by atoms with van der Waals surface area (Å²) in [6.45, 7) is 5.39. The van der Waals surface area contributed by atoms with E-state index in [1.807, 2.05) is 18.2 Å². The summed E-state index contributed by atoms with van der Waals surface area (Å²) in [6.07, 6.45) is 0. The summed E-state index contributed by atoms with van der Waals surface area (Å²) in [6, 6.07) is 9.06. The molecule has 5 heteroatoms. The van der Waals surface area contributed by atoms with Gasteiger partial charge in [0.05, 0.1) is 5.56 Å². The third kappa shape index (κ3) is 2.49. The topological polar surface area (TPSA) is 54.9 Å². The van der Waals surface area contributed by atoms with E-state index in [2.05, 4.69) is 4.98 Å². The molecule has 0 saturated heterocycles. The van der Waals surface area contributed by atoms with Crippen LogP contribution in [0, 0.1) is 0 Å². The monoisotopic (exact) mass is 278 g/mol. The van der Waals surface area contributed by atoms with Crippen LogP contribution in [-0.4, -0.2) is 9.55 Å². The van der Waals surface area contributed by atoms with Crippen LogP contribution in [0.4, 0.5) is 0 Å². The van der Waals surface area contributed by atoms with Crippen LogP contribution in [0.1, 0.15) is 20.8 Å². The van der Waals surface area contributed by atoms with Crippen molar-refractivity contribution in [1.82, 2.24) is 9.55 Å². The maximum Gasteiger partial charge on any atom is 0.330 e. The highest BCUT2D eigenvalue weighted by atomic mass is 35.5. The summed E-state index contributed by atoms with van der Waals surface area (Å²) < 4.78 is 1.18. The number of H-pyrrole nitrogens is 1. The Kier molecular flexibility index (Phi) is 3.37. The average molecular weight is 279 g/mol. The number of benzene rings is 1. The Bertz CT molecular complexity index is 709. The predicted octanol–water partition coefficient (Wildman–Crippen LogP) is 2.61. The summed E-state index contributed by atoms with van der Waals surface area (Å²) in [4.78, 5) is 27.0. The standard InChI is InChI=1S/C14H15ClN2O2/c1-14(2,3)17-12(18)10(11(15)16-13(17)19)9-7-5-4-6-8-9/h4-8H,1-3H3,(H,16,19). The number of nitrogens with zero attached hydrogens (tertiary/aromatic N) is 1. The molecule has 0 saturated carbocycles. The minimum atomic E-state index is -0.612. The average Bonchev–Trinajstić information content (AvgIpc) is 2.27. The van der Waals surface area contributed by atoms with Crippen molar-refractivity contribution in [2.75, 3.05) is 0 Å². The van der Waals surface area contributed by atoms with Gasteiger partial charge in [0, 0.05) is 5.54 Å². The van der Waals surface area contributed by atoms with E-state index in [0.29, 0.717) is 11.1 Å². The molecule has 0 aliphatic rings. The lowest BCUT2D eigenvalue weighted by atomic mass is 10.1. The first-order valence-corrected chi connectivity index (χ1v) is 6.31. The van der Waals surface area contributed by atoms with Crippen molar-refractivity contribution in [2.24, 2.45) is 0 Å². The molecule has 0 fully saturated rings. The van der Waals surface area contributed by atoms with Crippen LogP contribution >= 0.6 is 11.6 Å². The van der Waals surface area contributed by atoms with E-state index in [9.17, 15) is 9.59 Å². The molecule has 0 unspecified atom stereocenters. The lowest BCUT2D eigenvalue weighted by molar-refractivity contribution is 0.367. The fourth-order valence-electron chi connectivity index (χ4n) is 1.97. The zero-order valence-corrected chi connectivity index (χ0v) is 11.8. The van der Waals surface area contributed by atoms with Gasteiger partial charge in [-0.05, 0) is 26.3 Å². The molecular formula is C14H15ClN2O2. The van der Waals surface area contributed by atoms with E-state index in [1.165, 1.54) is 4.57 Å². The van der Waals surface area contributed by atoms with E-state index >= 15 is 0 Å². The smallest absolute Gasteiger partial charge is 0.297 e. The predicted molar refractivity (Wildman–Crippen MR) is 76.8 cm³/mol. The van der Waals surface area contributed by atoms with Crippen LogP contribution in [0.15, 0.2) is 39.9 Å². The largest absolute Gasteiger partial charge is 0.330 e. The second-order valence-corrected chi connectivity index (χ2v) is 5.67. The third-order valence-electron chi connectivity index (χ3n) is 2.79. The zero-order chi connectivity index (χ0) is 14.2. The first-order valence-electron chi connectivity index (χ1n) is 5.93. The van der Waals surface area contributed by atoms with Gasteiger partial charge in [-0.1, -0.05) is 41.9 Å². The molecule has 0 bridgehead atoms. The molecule has 2 aromatic rings. The van der Waals surface area contributed by atoms with Crippen molar-refractivity contribution in [3.05, 3.63) is 56.3 Å². The van der Waals surface area contributed by atoms with Crippen LogP contribution in [0.3, 0.4) is 0 Å². The molecule has 1 aromatic carbocycles. The van der Waals surface area contributed by atoms with Crippen molar-refractivity contribution in [2.45, 2.75) is 26.3 Å². The second-order valence-electron chi connectivity index (χ2n) is 5.30. The Balaban J connectivity index is 2.85. The zero-order valence-electron chi connectivity index (χ0n) is 11.0. The Morgan fingerprint density at radius 1 is 1.11 bits per heavy atom. The van der Waals surface area contributed by atoms with Crippen LogP contribution in [-0.2, 0) is 5.54 Å². The van der Waals surface area contributed by atoms with Crippen molar-refractivity contribution < 1.29 is 0 Å². The Morgan fingerprint density at radius 3 is 2.21 bits per heavy atom. The van der Waals surface area contributed by atoms with Gasteiger partial charge in [-0.15, -0.1) is 0 Å². The lowest BCUT2D eigenvalue weighted by Crippen LogP contribution is -2.45. The van der Waals surface area contributed by atoms with Gasteiger partial charge >= 0.3 is 5.69 Å². The fourth-order valence-corrected chi connectivity index (χ4v) is 2.25. The summed E-state index contributed by atoms with van der Waals surface area (Å²) in [5.41, 5.74) is -0.489. The quantitative estimate of drug-likeness (QED) is 0.815. The summed E-state index contributed by atoms with van der Waals surface area (Å²) >= 11 is 6.02. The van der Waals surface area contributed by atoms with Crippen molar-refractivity contribution >= 4 is 11.6 Å². The van der Waals surface area contributed by atoms with Crippen LogP contribution in [0.5, 0.6) is 0 Å². The molecule has 100 valence electrons. The van der Waals surface area contributed by atoms with E-state index < -0.39 is 11.2 Å². The van der Waals surface area contributed by atoms with Crippen LogP contribution in [0.25, 0.3) is 11.1 Å². The molecule has 0 aliphatic heterocycles. The van der Waals surface area contributed by atoms with Gasteiger partial charge in [-0.2, -0.15) is 0 Å². The highest BCUT2D eigenvalue weighted by molar-refractivity contribution is 6.32. The number of nitrogens with one attached hydrogen (secondary N) is 1. The Morgan fingerprint density at radius 2 is 1.68 bits per heavy atom. The van der Waals surface area contributed by atoms with E-state index in [4.69, 9.17) is 11.6 Å². The maximum atomic E-state index is 12.5. The second kappa shape index (κ2) is 4.70. The molecule has 2 rings (SSSR count). The minimum Gasteiger partial charge on any atom is -0.297 e. The molecular weight excluding hydrogens is 264 g/mol. The number of aromatic amines is 1. The highest BCUT2D eigenvalue weighted by Crippen LogP contribution is 2.22. The molecule has 1 aromatic heterocycles. The molecule has 1 N–H and O–H groups in total. The van der Waals surface area contributed by atoms with Gasteiger partial charge in [0.2, 0.25) is 0 Å². The highest BCUT2D eigenvalue weighted by Gasteiger charge is 2.22. The normalized spacial score (nSPS) is 11.6. The van der Waals surface area contributed by atoms with Crippen LogP contribution in [0.2, 0.25) is 5.15 Å². The third-order valence-corrected chi connectivity index (χ3v) is 3.07. The van der Waals surface area contributed by atoms with E-state index in [1.54, 1.807) is 32.9 Å². The number of aromatic nitrogens is 2. The Labute approximate surface area is 115 Å². The minimum absolute atomic E-state index is 0.0710. The SMILES string of the molecule is CC(C)(C)n1c(=O)[nH]c(Cl)c(-c2ccccc2)c1=O. The number of hydrogen-bond acceptors (Lipinski definition) is 2. The molecule has 0 spiro atoms. The number of halogens is 1. The molecule has 0 amide bonds. The molecule has 0 atom stereocenters. The number of rotatable bonds is 1. The van der Waals surface area contributed by atoms with Gasteiger partial charge in [-0.3, -0.25) is 14.3 Å². The molecule has 0 aliphatic carbocycles. The summed E-state index contributed by atoms with van der Waals surface area (Å²) in [5, 5.41) is 0.0710. The lowest BCUT2D eigenvalue weighted by Gasteiger charge is -2.21. The first kappa shape index (κ1) is 13.6. The van der Waals surface area contributed by atoms with Gasteiger partial charge < -0.3 is 0 Å². The van der Waals surface area contributed by atoms with Gasteiger partial charge in [0.1, 0.15) is 5.15 Å². The maximum absolute atomic E-state index is 12.5. The molecule has 1 heterocycles. The van der Waals surface area contributed by atoms with Crippen molar-refractivity contribution in [3.63, 3.8) is 0 Å². The summed E-state index contributed by atoms with van der Waals surface area (Å²) in [5.74, 6) is 0. The van der Waals surface area contributed by atoms with Gasteiger partial charge in [0.25, 0.3) is 5.56 Å². The van der Waals surface area contributed by atoms with E-state index in [0.717, 1.165) is 0 Å². The van der Waals surface area contributed by atoms with Crippen LogP contribution < -0.4 is 11.2 Å². The van der Waals surface area contributed by atoms with Gasteiger partial charge in [0.15, 0.2) is 0 Å². The molecule has 4 nitrogen and oxygen atoms in total. The van der Waals surface area contributed by atoms with Gasteiger partial charge in [-0.25, -0.2) is 4.79 Å². The number of hydrogen-bond donors (Lipinski definition) is 1. The summed E-state index contributed by atoms with van der Waals surface area (Å²) in [7, 11) is 0. The molecule has 0 radical (unpaired) electrons. The van der Waals surface area contributed by atoms with E-state index in [-0.39, 0.29) is 10.7 Å². The fraction of sp³-hybridized carbons (Fsp3) is 0.286. The van der Waals surface area contributed by atoms with Crippen molar-refractivity contribution in [3.8, 4) is 11.1 Å². The van der Waals surface area contributed by atoms with Crippen molar-refractivity contribution in [1.29, 1.82) is 0 Å². The first-order chi connectivity index (χ1) is 8.82. The molecule has 19 heavy (non-hydrogen) atoms.